The zero-order valence-electron chi connectivity index (χ0n) is 13.5. The molecule has 0 aliphatic carbocycles. The molecule has 1 atom stereocenters. The fourth-order valence-corrected chi connectivity index (χ4v) is 3.93. The number of carbonyl (C=O) groups excluding carboxylic acids is 1. The topological polar surface area (TPSA) is 40.9 Å². The van der Waals surface area contributed by atoms with Gasteiger partial charge in [0.15, 0.2) is 0 Å². The van der Waals surface area contributed by atoms with Crippen molar-refractivity contribution in [3.8, 4) is 0 Å². The SMILES string of the molecule is O=C(Cc1cn2ccccc2n1)N1CCCC(N2CCCC2)C1. The van der Waals surface area contributed by atoms with Crippen LogP contribution < -0.4 is 0 Å². The summed E-state index contributed by atoms with van der Waals surface area (Å²) >= 11 is 0. The van der Waals surface area contributed by atoms with Crippen molar-refractivity contribution in [2.75, 3.05) is 26.2 Å². The average Bonchev–Trinajstić information content (AvgIpc) is 3.24. The molecule has 122 valence electrons. The van der Waals surface area contributed by atoms with Crippen LogP contribution in [0.3, 0.4) is 0 Å². The summed E-state index contributed by atoms with van der Waals surface area (Å²) < 4.78 is 1.98. The highest BCUT2D eigenvalue weighted by atomic mass is 16.2. The van der Waals surface area contributed by atoms with Crippen LogP contribution in [0.1, 0.15) is 31.4 Å². The van der Waals surface area contributed by atoms with Gasteiger partial charge < -0.3 is 9.30 Å². The van der Waals surface area contributed by atoms with Gasteiger partial charge in [0.2, 0.25) is 5.91 Å². The van der Waals surface area contributed by atoms with Crippen molar-refractivity contribution in [3.05, 3.63) is 36.3 Å². The Morgan fingerprint density at radius 1 is 1.17 bits per heavy atom. The standard InChI is InChI=1S/C18H24N4O/c23-18(12-15-13-21-10-2-1-7-17(21)19-15)22-11-5-6-16(14-22)20-8-3-4-9-20/h1-2,7,10,13,16H,3-6,8-9,11-12,14H2. The summed E-state index contributed by atoms with van der Waals surface area (Å²) in [5, 5.41) is 0. The largest absolute Gasteiger partial charge is 0.341 e. The van der Waals surface area contributed by atoms with Gasteiger partial charge in [-0.3, -0.25) is 9.69 Å². The quantitative estimate of drug-likeness (QED) is 0.870. The van der Waals surface area contributed by atoms with E-state index in [1.54, 1.807) is 0 Å². The molecule has 5 nitrogen and oxygen atoms in total. The molecule has 1 amide bonds. The van der Waals surface area contributed by atoms with E-state index in [4.69, 9.17) is 0 Å². The van der Waals surface area contributed by atoms with E-state index in [9.17, 15) is 4.79 Å². The summed E-state index contributed by atoms with van der Waals surface area (Å²) in [6.07, 6.45) is 9.33. The van der Waals surface area contributed by atoms with E-state index in [1.165, 1.54) is 32.4 Å². The van der Waals surface area contributed by atoms with Gasteiger partial charge in [-0.15, -0.1) is 0 Å². The second-order valence-corrected chi connectivity index (χ2v) is 6.75. The van der Waals surface area contributed by atoms with Crippen LogP contribution in [0.5, 0.6) is 0 Å². The molecule has 23 heavy (non-hydrogen) atoms. The van der Waals surface area contributed by atoms with Gasteiger partial charge >= 0.3 is 0 Å². The molecule has 5 heteroatoms. The van der Waals surface area contributed by atoms with Gasteiger partial charge in [0.1, 0.15) is 5.65 Å². The molecule has 0 saturated carbocycles. The maximum atomic E-state index is 12.7. The van der Waals surface area contributed by atoms with Gasteiger partial charge in [-0.05, 0) is 50.9 Å². The van der Waals surface area contributed by atoms with Crippen LogP contribution in [0.4, 0.5) is 0 Å². The molecule has 0 N–H and O–H groups in total. The molecule has 1 unspecified atom stereocenters. The Bertz CT molecular complexity index is 656. The lowest BCUT2D eigenvalue weighted by Crippen LogP contribution is -2.49. The van der Waals surface area contributed by atoms with E-state index in [0.29, 0.717) is 12.5 Å². The number of pyridine rings is 1. The van der Waals surface area contributed by atoms with Crippen LogP contribution >= 0.6 is 0 Å². The van der Waals surface area contributed by atoms with E-state index in [2.05, 4.69) is 14.8 Å². The molecule has 4 heterocycles. The molecular weight excluding hydrogens is 288 g/mol. The molecule has 0 bridgehead atoms. The predicted octanol–water partition coefficient (Wildman–Crippen LogP) is 1.96. The number of hydrogen-bond acceptors (Lipinski definition) is 3. The van der Waals surface area contributed by atoms with Gasteiger partial charge in [-0.2, -0.15) is 0 Å². The first-order valence-corrected chi connectivity index (χ1v) is 8.74. The molecule has 2 aromatic rings. The van der Waals surface area contributed by atoms with Gasteiger partial charge in [-0.1, -0.05) is 6.07 Å². The predicted molar refractivity (Wildman–Crippen MR) is 89.3 cm³/mol. The Kier molecular flexibility index (Phi) is 4.04. The van der Waals surface area contributed by atoms with Crippen molar-refractivity contribution in [1.29, 1.82) is 0 Å². The fourth-order valence-electron chi connectivity index (χ4n) is 3.93. The summed E-state index contributed by atoms with van der Waals surface area (Å²) in [4.78, 5) is 21.8. The van der Waals surface area contributed by atoms with Crippen molar-refractivity contribution >= 4 is 11.6 Å². The fraction of sp³-hybridized carbons (Fsp3) is 0.556. The molecular formula is C18H24N4O. The van der Waals surface area contributed by atoms with Crippen LogP contribution in [0.25, 0.3) is 5.65 Å². The molecule has 0 spiro atoms. The van der Waals surface area contributed by atoms with Gasteiger partial charge in [-0.25, -0.2) is 4.98 Å². The minimum absolute atomic E-state index is 0.220. The van der Waals surface area contributed by atoms with Gasteiger partial charge in [0, 0.05) is 31.5 Å². The van der Waals surface area contributed by atoms with Gasteiger partial charge in [0.25, 0.3) is 0 Å². The van der Waals surface area contributed by atoms with Crippen LogP contribution in [-0.4, -0.2) is 57.3 Å². The molecule has 2 fully saturated rings. The first-order chi connectivity index (χ1) is 11.3. The Hall–Kier alpha value is -1.88. The second-order valence-electron chi connectivity index (χ2n) is 6.75. The van der Waals surface area contributed by atoms with Gasteiger partial charge in [0.05, 0.1) is 12.1 Å². The number of carbonyl (C=O) groups is 1. The Morgan fingerprint density at radius 2 is 2.04 bits per heavy atom. The van der Waals surface area contributed by atoms with Crippen LogP contribution in [0, 0.1) is 0 Å². The van der Waals surface area contributed by atoms with E-state index in [-0.39, 0.29) is 5.91 Å². The van der Waals surface area contributed by atoms with Crippen LogP contribution in [-0.2, 0) is 11.2 Å². The summed E-state index contributed by atoms with van der Waals surface area (Å²) in [6, 6.07) is 6.49. The highest BCUT2D eigenvalue weighted by Gasteiger charge is 2.29. The first kappa shape index (κ1) is 14.7. The van der Waals surface area contributed by atoms with Crippen LogP contribution in [0.15, 0.2) is 30.6 Å². The monoisotopic (exact) mass is 312 g/mol. The lowest BCUT2D eigenvalue weighted by Gasteiger charge is -2.37. The molecule has 2 saturated heterocycles. The maximum Gasteiger partial charge on any atom is 0.228 e. The summed E-state index contributed by atoms with van der Waals surface area (Å²) in [5.41, 5.74) is 1.77. The number of fused-ring (bicyclic) bond motifs is 1. The smallest absolute Gasteiger partial charge is 0.228 e. The normalized spacial score (nSPS) is 22.8. The van der Waals surface area contributed by atoms with Crippen LogP contribution in [0.2, 0.25) is 0 Å². The third-order valence-electron chi connectivity index (χ3n) is 5.15. The third kappa shape index (κ3) is 3.11. The number of piperidine rings is 1. The van der Waals surface area contributed by atoms with E-state index in [0.717, 1.165) is 30.9 Å². The molecule has 2 aliphatic heterocycles. The zero-order valence-corrected chi connectivity index (χ0v) is 13.5. The third-order valence-corrected chi connectivity index (χ3v) is 5.15. The lowest BCUT2D eigenvalue weighted by atomic mass is 10.0. The minimum atomic E-state index is 0.220. The first-order valence-electron chi connectivity index (χ1n) is 8.74. The Labute approximate surface area is 136 Å². The maximum absolute atomic E-state index is 12.7. The van der Waals surface area contributed by atoms with Crippen molar-refractivity contribution in [1.82, 2.24) is 19.2 Å². The molecule has 0 aromatic carbocycles. The summed E-state index contributed by atoms with van der Waals surface area (Å²) in [6.45, 7) is 4.21. The lowest BCUT2D eigenvalue weighted by molar-refractivity contribution is -0.132. The number of hydrogen-bond donors (Lipinski definition) is 0. The number of aromatic nitrogens is 2. The molecule has 2 aromatic heterocycles. The zero-order chi connectivity index (χ0) is 15.6. The number of rotatable bonds is 3. The van der Waals surface area contributed by atoms with Crippen molar-refractivity contribution in [3.63, 3.8) is 0 Å². The highest BCUT2D eigenvalue weighted by molar-refractivity contribution is 5.78. The molecule has 4 rings (SSSR count). The highest BCUT2D eigenvalue weighted by Crippen LogP contribution is 2.21. The second kappa shape index (κ2) is 6.32. The van der Waals surface area contributed by atoms with E-state index < -0.39 is 0 Å². The average molecular weight is 312 g/mol. The molecule has 0 radical (unpaired) electrons. The molecule has 2 aliphatic rings. The van der Waals surface area contributed by atoms with Crippen molar-refractivity contribution in [2.24, 2.45) is 0 Å². The number of likely N-dealkylation sites (tertiary alicyclic amines) is 2. The van der Waals surface area contributed by atoms with Crippen molar-refractivity contribution in [2.45, 2.75) is 38.1 Å². The minimum Gasteiger partial charge on any atom is -0.341 e. The Balaban J connectivity index is 1.41. The van der Waals surface area contributed by atoms with Crippen molar-refractivity contribution < 1.29 is 4.79 Å². The number of nitrogens with zero attached hydrogens (tertiary/aromatic N) is 4. The Morgan fingerprint density at radius 3 is 2.87 bits per heavy atom. The number of amides is 1. The summed E-state index contributed by atoms with van der Waals surface area (Å²) in [7, 11) is 0. The summed E-state index contributed by atoms with van der Waals surface area (Å²) in [5.74, 6) is 0.220. The van der Waals surface area contributed by atoms with E-state index in [1.807, 2.05) is 35.0 Å². The van der Waals surface area contributed by atoms with E-state index >= 15 is 0 Å². The number of imidazole rings is 1.